The second kappa shape index (κ2) is 4.86. The van der Waals surface area contributed by atoms with Gasteiger partial charge in [-0.2, -0.15) is 0 Å². The maximum Gasteiger partial charge on any atom is 0.191 e. The smallest absolute Gasteiger partial charge is 0.191 e. The van der Waals surface area contributed by atoms with Crippen molar-refractivity contribution in [2.24, 2.45) is 5.41 Å². The molecule has 0 aromatic carbocycles. The Morgan fingerprint density at radius 2 is 1.33 bits per heavy atom. The van der Waals surface area contributed by atoms with Crippen molar-refractivity contribution < 1.29 is 4.79 Å². The van der Waals surface area contributed by atoms with E-state index >= 15 is 0 Å². The summed E-state index contributed by atoms with van der Waals surface area (Å²) in [7, 11) is 0. The van der Waals surface area contributed by atoms with Crippen molar-refractivity contribution in [3.63, 3.8) is 0 Å². The summed E-state index contributed by atoms with van der Waals surface area (Å²) >= 11 is 3.64. The summed E-state index contributed by atoms with van der Waals surface area (Å²) in [6, 6.07) is 0. The normalized spacial score (nSPS) is 9.56. The van der Waals surface area contributed by atoms with Crippen LogP contribution in [0.4, 0.5) is 0 Å². The van der Waals surface area contributed by atoms with Gasteiger partial charge in [-0.15, -0.1) is 12.6 Å². The van der Waals surface area contributed by atoms with E-state index in [0.29, 0.717) is 0 Å². The van der Waals surface area contributed by atoms with E-state index in [4.69, 9.17) is 0 Å². The molecule has 0 saturated heterocycles. The molecule has 0 N–H and O–H groups in total. The van der Waals surface area contributed by atoms with Crippen LogP contribution in [-0.2, 0) is 4.79 Å². The Labute approximate surface area is 63.3 Å². The molecule has 0 fully saturated rings. The second-order valence-corrected chi connectivity index (χ2v) is 2.96. The molecule has 0 bridgehead atoms. The van der Waals surface area contributed by atoms with Gasteiger partial charge in [0, 0.05) is 5.41 Å². The Bertz CT molecular complexity index is 81.4. The molecule has 0 spiro atoms. The van der Waals surface area contributed by atoms with Crippen LogP contribution in [0.15, 0.2) is 0 Å². The van der Waals surface area contributed by atoms with Crippen molar-refractivity contribution in [2.45, 2.75) is 34.6 Å². The Morgan fingerprint density at radius 3 is 1.33 bits per heavy atom. The quantitative estimate of drug-likeness (QED) is 0.522. The zero-order chi connectivity index (χ0) is 8.08. The summed E-state index contributed by atoms with van der Waals surface area (Å²) in [6.45, 7) is 9.51. The van der Waals surface area contributed by atoms with Gasteiger partial charge in [0.1, 0.15) is 0 Å². The molecule has 2 heteroatoms. The van der Waals surface area contributed by atoms with E-state index < -0.39 is 0 Å². The topological polar surface area (TPSA) is 17.1 Å². The molecular weight excluding hydrogens is 132 g/mol. The largest absolute Gasteiger partial charge is 0.287 e. The molecule has 0 saturated carbocycles. The number of carbonyl (C=O) groups excluding carboxylic acids is 1. The lowest BCUT2D eigenvalue weighted by Crippen LogP contribution is -2.13. The first-order valence-electron chi connectivity index (χ1n) is 3.18. The van der Waals surface area contributed by atoms with E-state index in [9.17, 15) is 4.79 Å². The first-order valence-corrected chi connectivity index (χ1v) is 3.62. The minimum Gasteiger partial charge on any atom is -0.287 e. The van der Waals surface area contributed by atoms with Crippen molar-refractivity contribution in [1.82, 2.24) is 0 Å². The highest BCUT2D eigenvalue weighted by Crippen LogP contribution is 2.15. The van der Waals surface area contributed by atoms with Gasteiger partial charge in [-0.3, -0.25) is 4.79 Å². The van der Waals surface area contributed by atoms with Gasteiger partial charge < -0.3 is 0 Å². The summed E-state index contributed by atoms with van der Waals surface area (Å²) < 4.78 is 0. The summed E-state index contributed by atoms with van der Waals surface area (Å²) in [4.78, 5) is 10.3. The third kappa shape index (κ3) is 8.02. The highest BCUT2D eigenvalue weighted by Gasteiger charge is 2.16. The van der Waals surface area contributed by atoms with E-state index in [1.54, 1.807) is 0 Å². The van der Waals surface area contributed by atoms with Gasteiger partial charge in [-0.25, -0.2) is 0 Å². The van der Waals surface area contributed by atoms with Crippen molar-refractivity contribution in [1.29, 1.82) is 0 Å². The molecule has 0 unspecified atom stereocenters. The lowest BCUT2D eigenvalue weighted by molar-refractivity contribution is -0.117. The van der Waals surface area contributed by atoms with E-state index in [1.807, 2.05) is 34.6 Å². The zero-order valence-corrected chi connectivity index (χ0v) is 7.75. The summed E-state index contributed by atoms with van der Waals surface area (Å²) in [5, 5.41) is -0.0625. The molecule has 56 valence electrons. The molecule has 0 aromatic heterocycles. The molecule has 0 aliphatic carbocycles. The van der Waals surface area contributed by atoms with E-state index in [1.165, 1.54) is 0 Å². The van der Waals surface area contributed by atoms with Gasteiger partial charge in [0.05, 0.1) is 0 Å². The summed E-state index contributed by atoms with van der Waals surface area (Å²) in [6.07, 6.45) is 0. The van der Waals surface area contributed by atoms with Gasteiger partial charge in [0.25, 0.3) is 0 Å². The lowest BCUT2D eigenvalue weighted by atomic mass is 10.00. The van der Waals surface area contributed by atoms with Crippen molar-refractivity contribution in [3.05, 3.63) is 0 Å². The molecular formula is C7H16OS. The number of hydrogen-bond donors (Lipinski definition) is 1. The highest BCUT2D eigenvalue weighted by molar-refractivity contribution is 7.96. The minimum absolute atomic E-state index is 0.0625. The molecule has 9 heavy (non-hydrogen) atoms. The highest BCUT2D eigenvalue weighted by atomic mass is 32.1. The van der Waals surface area contributed by atoms with Crippen LogP contribution in [0.1, 0.15) is 34.6 Å². The first kappa shape index (κ1) is 11.8. The van der Waals surface area contributed by atoms with Crippen LogP contribution < -0.4 is 0 Å². The van der Waals surface area contributed by atoms with Crippen molar-refractivity contribution >= 4 is 17.7 Å². The van der Waals surface area contributed by atoms with Gasteiger partial charge in [-0.05, 0) is 0 Å². The lowest BCUT2D eigenvalue weighted by Gasteiger charge is -2.10. The molecule has 0 amide bonds. The standard InChI is InChI=1S/C5H10OS.C2H6/c1-5(2,3)4(6)7;1-2/h1-3H3,(H,6,7);1-2H3. The van der Waals surface area contributed by atoms with Crippen LogP contribution in [0.25, 0.3) is 0 Å². The SMILES string of the molecule is CC.CC(C)(C)C(=O)S. The van der Waals surface area contributed by atoms with E-state index in [0.717, 1.165) is 0 Å². The number of hydrogen-bond acceptors (Lipinski definition) is 1. The summed E-state index contributed by atoms with van der Waals surface area (Å²) in [5.41, 5.74) is -0.275. The van der Waals surface area contributed by atoms with Crippen LogP contribution in [0, 0.1) is 5.41 Å². The summed E-state index contributed by atoms with van der Waals surface area (Å²) in [5.74, 6) is 0. The molecule has 0 atom stereocenters. The van der Waals surface area contributed by atoms with Crippen molar-refractivity contribution in [2.75, 3.05) is 0 Å². The number of thiol groups is 1. The van der Waals surface area contributed by atoms with Crippen molar-refractivity contribution in [3.8, 4) is 0 Å². The monoisotopic (exact) mass is 148 g/mol. The van der Waals surface area contributed by atoms with Gasteiger partial charge in [0.15, 0.2) is 5.12 Å². The maximum absolute atomic E-state index is 10.3. The third-order valence-corrected chi connectivity index (χ3v) is 1.31. The average molecular weight is 148 g/mol. The first-order chi connectivity index (χ1) is 3.94. The minimum atomic E-state index is -0.275. The van der Waals surface area contributed by atoms with Crippen LogP contribution >= 0.6 is 12.6 Å². The Hall–Kier alpha value is 0.0200. The number of rotatable bonds is 0. The fourth-order valence-electron chi connectivity index (χ4n) is 0. The number of carbonyl (C=O) groups is 1. The fourth-order valence-corrected chi connectivity index (χ4v) is 0. The van der Waals surface area contributed by atoms with Gasteiger partial charge in [-0.1, -0.05) is 34.6 Å². The Morgan fingerprint density at radius 1 is 1.22 bits per heavy atom. The Kier molecular flexibility index (Phi) is 6.35. The van der Waals surface area contributed by atoms with Crippen LogP contribution in [-0.4, -0.2) is 5.12 Å². The molecule has 0 aliphatic heterocycles. The Balaban J connectivity index is 0. The molecule has 0 aliphatic rings. The third-order valence-electron chi connectivity index (χ3n) is 0.642. The van der Waals surface area contributed by atoms with Crippen LogP contribution in [0.2, 0.25) is 0 Å². The van der Waals surface area contributed by atoms with Gasteiger partial charge in [0.2, 0.25) is 0 Å². The van der Waals surface area contributed by atoms with Crippen LogP contribution in [0.5, 0.6) is 0 Å². The molecule has 1 nitrogen and oxygen atoms in total. The predicted molar refractivity (Wildman–Crippen MR) is 44.8 cm³/mol. The zero-order valence-electron chi connectivity index (χ0n) is 6.86. The molecule has 0 rings (SSSR count). The predicted octanol–water partition coefficient (Wildman–Crippen LogP) is 2.52. The van der Waals surface area contributed by atoms with E-state index in [2.05, 4.69) is 12.6 Å². The van der Waals surface area contributed by atoms with Crippen LogP contribution in [0.3, 0.4) is 0 Å². The molecule has 0 heterocycles. The molecule has 0 radical (unpaired) electrons. The second-order valence-electron chi connectivity index (χ2n) is 2.56. The van der Waals surface area contributed by atoms with E-state index in [-0.39, 0.29) is 10.5 Å². The fraction of sp³-hybridized carbons (Fsp3) is 0.857. The molecule has 0 aromatic rings. The maximum atomic E-state index is 10.3. The van der Waals surface area contributed by atoms with Gasteiger partial charge >= 0.3 is 0 Å². The average Bonchev–Trinajstić information content (AvgIpc) is 1.69.